The number of nitrogens with one attached hydrogen (secondary N) is 1. The number of piperidine rings is 1. The van der Waals surface area contributed by atoms with Gasteiger partial charge in [-0.05, 0) is 54.8 Å². The van der Waals surface area contributed by atoms with Crippen molar-refractivity contribution < 1.29 is 19.0 Å². The Bertz CT molecular complexity index is 1320. The van der Waals surface area contributed by atoms with E-state index in [9.17, 15) is 9.50 Å². The zero-order valence-electron chi connectivity index (χ0n) is 21.0. The second-order valence-corrected chi connectivity index (χ2v) is 9.48. The molecular formula is C29H33FN4O3. The highest BCUT2D eigenvalue weighted by molar-refractivity contribution is 5.78. The largest absolute Gasteiger partial charge is 0.493 e. The van der Waals surface area contributed by atoms with Crippen LogP contribution in [0.25, 0.3) is 11.0 Å². The van der Waals surface area contributed by atoms with E-state index >= 15 is 0 Å². The average molecular weight is 505 g/mol. The lowest BCUT2D eigenvalue weighted by Gasteiger charge is -2.33. The maximum Gasteiger partial charge on any atom is 0.204 e. The number of halogens is 1. The standard InChI is InChI=1S/C29H33FN4O3/c1-36-27-11-4-5-12-28(27)37-20-24(35)19-33-15-13-23(14-16-33)31-29-32-25-9-2-3-10-26(25)34(29)18-21-7-6-8-22(30)17-21/h2-12,17,23-24,35H,13-16,18-20H2,1H3,(H,31,32). The van der Waals surface area contributed by atoms with Crippen LogP contribution >= 0.6 is 0 Å². The Labute approximate surface area is 216 Å². The number of aliphatic hydroxyl groups excluding tert-OH is 1. The first-order valence-electron chi connectivity index (χ1n) is 12.7. The topological polar surface area (TPSA) is 71.8 Å². The molecule has 3 aromatic carbocycles. The van der Waals surface area contributed by atoms with Crippen LogP contribution in [0.15, 0.2) is 72.8 Å². The van der Waals surface area contributed by atoms with Crippen LogP contribution in [0.1, 0.15) is 18.4 Å². The van der Waals surface area contributed by atoms with Gasteiger partial charge in [0, 0.05) is 25.7 Å². The molecule has 0 aliphatic carbocycles. The van der Waals surface area contributed by atoms with E-state index in [0.29, 0.717) is 24.6 Å². The lowest BCUT2D eigenvalue weighted by atomic mass is 10.0. The summed E-state index contributed by atoms with van der Waals surface area (Å²) in [7, 11) is 1.60. The molecule has 1 aromatic heterocycles. The van der Waals surface area contributed by atoms with Gasteiger partial charge in [0.25, 0.3) is 0 Å². The van der Waals surface area contributed by atoms with E-state index in [0.717, 1.165) is 48.5 Å². The third-order valence-electron chi connectivity index (χ3n) is 6.77. The van der Waals surface area contributed by atoms with Gasteiger partial charge in [-0.15, -0.1) is 0 Å². The normalized spacial score (nSPS) is 15.5. The SMILES string of the molecule is COc1ccccc1OCC(O)CN1CCC(Nc2nc3ccccc3n2Cc2cccc(F)c2)CC1. The van der Waals surface area contributed by atoms with Crippen molar-refractivity contribution in [3.63, 3.8) is 0 Å². The van der Waals surface area contributed by atoms with Gasteiger partial charge in [0.2, 0.25) is 5.95 Å². The van der Waals surface area contributed by atoms with E-state index in [4.69, 9.17) is 14.5 Å². The summed E-state index contributed by atoms with van der Waals surface area (Å²) < 4.78 is 27.0. The van der Waals surface area contributed by atoms with Crippen molar-refractivity contribution in [3.8, 4) is 11.5 Å². The van der Waals surface area contributed by atoms with E-state index in [1.54, 1.807) is 19.2 Å². The molecule has 194 valence electrons. The summed E-state index contributed by atoms with van der Waals surface area (Å²) >= 11 is 0. The molecule has 1 aliphatic rings. The molecular weight excluding hydrogens is 471 g/mol. The fourth-order valence-corrected chi connectivity index (χ4v) is 4.88. The summed E-state index contributed by atoms with van der Waals surface area (Å²) in [5.74, 6) is 1.85. The molecule has 5 rings (SSSR count). The zero-order valence-corrected chi connectivity index (χ0v) is 21.0. The average Bonchev–Trinajstić information content (AvgIpc) is 3.25. The molecule has 0 radical (unpaired) electrons. The lowest BCUT2D eigenvalue weighted by molar-refractivity contribution is 0.0596. The maximum absolute atomic E-state index is 13.8. The molecule has 0 saturated carbocycles. The van der Waals surface area contributed by atoms with Crippen LogP contribution in [0.2, 0.25) is 0 Å². The highest BCUT2D eigenvalue weighted by Gasteiger charge is 2.23. The highest BCUT2D eigenvalue weighted by atomic mass is 19.1. The number of likely N-dealkylation sites (tertiary alicyclic amines) is 1. The Kier molecular flexibility index (Phi) is 7.87. The molecule has 1 fully saturated rings. The minimum absolute atomic E-state index is 0.211. The number of β-amino-alcohol motifs (C(OH)–C–C–N with tert-alkyl or cyclic N) is 1. The predicted molar refractivity (Wildman–Crippen MR) is 143 cm³/mol. The number of aliphatic hydroxyl groups is 1. The van der Waals surface area contributed by atoms with Crippen LogP contribution in [-0.2, 0) is 6.54 Å². The fourth-order valence-electron chi connectivity index (χ4n) is 4.88. The van der Waals surface area contributed by atoms with E-state index in [1.807, 2.05) is 54.6 Å². The zero-order chi connectivity index (χ0) is 25.6. The van der Waals surface area contributed by atoms with Gasteiger partial charge in [0.1, 0.15) is 18.5 Å². The number of benzene rings is 3. The summed E-state index contributed by atoms with van der Waals surface area (Å²) in [6.45, 7) is 3.04. The van der Waals surface area contributed by atoms with Crippen LogP contribution in [-0.4, -0.2) is 65.1 Å². The molecule has 1 saturated heterocycles. The summed E-state index contributed by atoms with van der Waals surface area (Å²) in [4.78, 5) is 7.11. The van der Waals surface area contributed by atoms with Gasteiger partial charge in [0.15, 0.2) is 11.5 Å². The number of nitrogens with zero attached hydrogens (tertiary/aromatic N) is 3. The van der Waals surface area contributed by atoms with Crippen molar-refractivity contribution in [1.82, 2.24) is 14.5 Å². The molecule has 1 atom stereocenters. The quantitative estimate of drug-likeness (QED) is 0.330. The fraction of sp³-hybridized carbons (Fsp3) is 0.345. The number of hydrogen-bond donors (Lipinski definition) is 2. The second kappa shape index (κ2) is 11.6. The number of para-hydroxylation sites is 4. The molecule has 1 aliphatic heterocycles. The van der Waals surface area contributed by atoms with E-state index in [1.165, 1.54) is 6.07 Å². The molecule has 1 unspecified atom stereocenters. The molecule has 8 heteroatoms. The van der Waals surface area contributed by atoms with Gasteiger partial charge < -0.3 is 29.4 Å². The van der Waals surface area contributed by atoms with Crippen LogP contribution in [0.3, 0.4) is 0 Å². The Morgan fingerprint density at radius 3 is 2.57 bits per heavy atom. The molecule has 4 aromatic rings. The smallest absolute Gasteiger partial charge is 0.204 e. The van der Waals surface area contributed by atoms with E-state index in [2.05, 4.69) is 14.8 Å². The number of fused-ring (bicyclic) bond motifs is 1. The van der Waals surface area contributed by atoms with Gasteiger partial charge in [0.05, 0.1) is 24.7 Å². The monoisotopic (exact) mass is 504 g/mol. The Hall–Kier alpha value is -3.62. The summed E-state index contributed by atoms with van der Waals surface area (Å²) in [5.41, 5.74) is 2.83. The van der Waals surface area contributed by atoms with Crippen molar-refractivity contribution in [1.29, 1.82) is 0 Å². The minimum Gasteiger partial charge on any atom is -0.493 e. The molecule has 0 bridgehead atoms. The van der Waals surface area contributed by atoms with Crippen molar-refractivity contribution in [2.45, 2.75) is 31.5 Å². The van der Waals surface area contributed by atoms with E-state index < -0.39 is 6.10 Å². The third-order valence-corrected chi connectivity index (χ3v) is 6.77. The van der Waals surface area contributed by atoms with Crippen molar-refractivity contribution >= 4 is 17.0 Å². The number of aromatic nitrogens is 2. The molecule has 0 spiro atoms. The summed E-state index contributed by atoms with van der Waals surface area (Å²) in [6.07, 6.45) is 1.27. The van der Waals surface area contributed by atoms with Crippen molar-refractivity contribution in [2.24, 2.45) is 0 Å². The number of hydrogen-bond acceptors (Lipinski definition) is 6. The first-order chi connectivity index (χ1) is 18.1. The van der Waals surface area contributed by atoms with Gasteiger partial charge in [-0.1, -0.05) is 36.4 Å². The van der Waals surface area contributed by atoms with Crippen LogP contribution < -0.4 is 14.8 Å². The van der Waals surface area contributed by atoms with Gasteiger partial charge in [-0.25, -0.2) is 9.37 Å². The highest BCUT2D eigenvalue weighted by Crippen LogP contribution is 2.26. The van der Waals surface area contributed by atoms with Crippen LogP contribution in [0.5, 0.6) is 11.5 Å². The number of rotatable bonds is 10. The van der Waals surface area contributed by atoms with Crippen LogP contribution in [0, 0.1) is 5.82 Å². The predicted octanol–water partition coefficient (Wildman–Crippen LogP) is 4.55. The first kappa shape index (κ1) is 25.0. The van der Waals surface area contributed by atoms with E-state index in [-0.39, 0.29) is 18.5 Å². The molecule has 2 N–H and O–H groups in total. The first-order valence-corrected chi connectivity index (χ1v) is 12.7. The number of imidazole rings is 1. The maximum atomic E-state index is 13.8. The lowest BCUT2D eigenvalue weighted by Crippen LogP contribution is -2.43. The van der Waals surface area contributed by atoms with Gasteiger partial charge in [-0.2, -0.15) is 0 Å². The Morgan fingerprint density at radius 2 is 1.78 bits per heavy atom. The van der Waals surface area contributed by atoms with Gasteiger partial charge >= 0.3 is 0 Å². The number of ether oxygens (including phenoxy) is 2. The number of anilines is 1. The minimum atomic E-state index is -0.593. The molecule has 0 amide bonds. The summed E-state index contributed by atoms with van der Waals surface area (Å²) in [6, 6.07) is 22.4. The summed E-state index contributed by atoms with van der Waals surface area (Å²) in [5, 5.41) is 14.2. The molecule has 37 heavy (non-hydrogen) atoms. The molecule has 2 heterocycles. The van der Waals surface area contributed by atoms with Crippen LogP contribution in [0.4, 0.5) is 10.3 Å². The number of methoxy groups -OCH3 is 1. The Morgan fingerprint density at radius 1 is 1.03 bits per heavy atom. The van der Waals surface area contributed by atoms with Gasteiger partial charge in [-0.3, -0.25) is 0 Å². The van der Waals surface area contributed by atoms with Crippen molar-refractivity contribution in [2.75, 3.05) is 38.7 Å². The third kappa shape index (κ3) is 6.21. The molecule has 7 nitrogen and oxygen atoms in total. The Balaban J connectivity index is 1.17. The van der Waals surface area contributed by atoms with Crippen molar-refractivity contribution in [3.05, 3.63) is 84.2 Å². The second-order valence-electron chi connectivity index (χ2n) is 9.48.